The third-order valence-corrected chi connectivity index (χ3v) is 4.27. The fraction of sp³-hybridized carbons (Fsp3) is 0.467. The van der Waals surface area contributed by atoms with Crippen LogP contribution in [0.4, 0.5) is 0 Å². The summed E-state index contributed by atoms with van der Waals surface area (Å²) in [6, 6.07) is 3.77. The van der Waals surface area contributed by atoms with Crippen LogP contribution in [0, 0.1) is 13.8 Å². The first-order valence-corrected chi connectivity index (χ1v) is 8.95. The predicted octanol–water partition coefficient (Wildman–Crippen LogP) is 3.43. The van der Waals surface area contributed by atoms with Gasteiger partial charge in [0.1, 0.15) is 12.4 Å². The lowest BCUT2D eigenvalue weighted by atomic mass is 10.1. The number of ether oxygens (including phenoxy) is 1. The first-order valence-electron chi connectivity index (χ1n) is 7.01. The van der Waals surface area contributed by atoms with Gasteiger partial charge in [0.05, 0.1) is 10.8 Å². The molecule has 0 aliphatic carbocycles. The number of nitrogens with zero attached hydrogens (tertiary/aromatic N) is 3. The van der Waals surface area contributed by atoms with Crippen LogP contribution in [0.1, 0.15) is 30.8 Å². The number of hydrogen-bond acceptors (Lipinski definition) is 4. The van der Waals surface area contributed by atoms with E-state index in [1.54, 1.807) is 17.9 Å². The highest BCUT2D eigenvalue weighted by Gasteiger charge is 2.12. The van der Waals surface area contributed by atoms with E-state index in [0.717, 1.165) is 21.9 Å². The molecule has 1 heterocycles. The van der Waals surface area contributed by atoms with Gasteiger partial charge >= 0.3 is 0 Å². The zero-order chi connectivity index (χ0) is 16.9. The maximum absolute atomic E-state index is 11.4. The minimum absolute atomic E-state index is 0.266. The number of hydrogen-bond donors (Lipinski definition) is 0. The lowest BCUT2D eigenvalue weighted by molar-refractivity contribution is 0.288. The SMILES string of the molecule is CC.Cc1cc(OCc2nnc(S(C)=O)n2C)c(C)cc1Cl. The van der Waals surface area contributed by atoms with Crippen molar-refractivity contribution >= 4 is 22.4 Å². The van der Waals surface area contributed by atoms with Crippen LogP contribution in [0.15, 0.2) is 17.3 Å². The molecule has 1 aromatic carbocycles. The van der Waals surface area contributed by atoms with Crippen LogP contribution in [-0.4, -0.2) is 25.2 Å². The van der Waals surface area contributed by atoms with E-state index in [0.29, 0.717) is 11.0 Å². The van der Waals surface area contributed by atoms with E-state index in [9.17, 15) is 4.21 Å². The molecule has 0 saturated heterocycles. The van der Waals surface area contributed by atoms with Crippen LogP contribution in [0.25, 0.3) is 0 Å². The van der Waals surface area contributed by atoms with Crippen LogP contribution in [0.3, 0.4) is 0 Å². The van der Waals surface area contributed by atoms with Crippen LogP contribution >= 0.6 is 11.6 Å². The Balaban J connectivity index is 0.00000116. The van der Waals surface area contributed by atoms with Crippen molar-refractivity contribution < 1.29 is 8.95 Å². The molecule has 0 aliphatic rings. The number of aromatic nitrogens is 3. The summed E-state index contributed by atoms with van der Waals surface area (Å²) in [5.74, 6) is 1.39. The van der Waals surface area contributed by atoms with Crippen LogP contribution in [0.2, 0.25) is 5.02 Å². The average Bonchev–Trinajstić information content (AvgIpc) is 2.85. The summed E-state index contributed by atoms with van der Waals surface area (Å²) in [5.41, 5.74) is 1.92. The van der Waals surface area contributed by atoms with Crippen LogP contribution in [0.5, 0.6) is 5.75 Å². The summed E-state index contributed by atoms with van der Waals surface area (Å²) in [7, 11) is 0.611. The zero-order valence-electron chi connectivity index (χ0n) is 13.8. The highest BCUT2D eigenvalue weighted by atomic mass is 35.5. The highest BCUT2D eigenvalue weighted by Crippen LogP contribution is 2.26. The molecular formula is C15H22ClN3O2S. The van der Waals surface area contributed by atoms with E-state index in [2.05, 4.69) is 10.2 Å². The molecule has 2 aromatic rings. The summed E-state index contributed by atoms with van der Waals surface area (Å²) < 4.78 is 18.9. The highest BCUT2D eigenvalue weighted by molar-refractivity contribution is 7.84. The molecule has 0 spiro atoms. The van der Waals surface area contributed by atoms with Gasteiger partial charge in [-0.1, -0.05) is 25.4 Å². The standard InChI is InChI=1S/C13H16ClN3O2S.C2H6/c1-8-6-11(9(2)5-10(8)14)19-7-12-15-16-13(17(12)3)20(4)18;1-2/h5-6H,7H2,1-4H3;1-2H3. The Hall–Kier alpha value is -1.40. The molecule has 22 heavy (non-hydrogen) atoms. The maximum atomic E-state index is 11.4. The Bertz CT molecular complexity index is 671. The van der Waals surface area contributed by atoms with Gasteiger partial charge in [-0.25, -0.2) is 0 Å². The van der Waals surface area contributed by atoms with Gasteiger partial charge in [0.15, 0.2) is 5.82 Å². The molecule has 1 atom stereocenters. The van der Waals surface area contributed by atoms with Gasteiger partial charge in [-0.05, 0) is 37.1 Å². The zero-order valence-corrected chi connectivity index (χ0v) is 15.4. The summed E-state index contributed by atoms with van der Waals surface area (Å²) in [4.78, 5) is 0. The van der Waals surface area contributed by atoms with Crippen molar-refractivity contribution in [2.24, 2.45) is 7.05 Å². The second-order valence-electron chi connectivity index (χ2n) is 4.57. The Kier molecular flexibility index (Phi) is 7.03. The van der Waals surface area contributed by atoms with E-state index in [1.165, 1.54) is 0 Å². The summed E-state index contributed by atoms with van der Waals surface area (Å²) in [5, 5.41) is 9.04. The van der Waals surface area contributed by atoms with E-state index < -0.39 is 10.8 Å². The smallest absolute Gasteiger partial charge is 0.221 e. The topological polar surface area (TPSA) is 57.0 Å². The fourth-order valence-electron chi connectivity index (χ4n) is 1.77. The molecule has 1 unspecified atom stereocenters. The monoisotopic (exact) mass is 343 g/mol. The Labute approximate surface area is 139 Å². The van der Waals surface area contributed by atoms with Gasteiger partial charge in [0.2, 0.25) is 5.16 Å². The molecule has 0 saturated carbocycles. The molecule has 2 rings (SSSR count). The van der Waals surface area contributed by atoms with Gasteiger partial charge < -0.3 is 9.30 Å². The van der Waals surface area contributed by atoms with E-state index in [1.807, 2.05) is 39.8 Å². The van der Waals surface area contributed by atoms with Crippen molar-refractivity contribution in [3.63, 3.8) is 0 Å². The van der Waals surface area contributed by atoms with Crippen molar-refractivity contribution in [1.29, 1.82) is 0 Å². The number of rotatable bonds is 4. The lowest BCUT2D eigenvalue weighted by Gasteiger charge is -2.10. The number of aryl methyl sites for hydroxylation is 2. The van der Waals surface area contributed by atoms with Crippen molar-refractivity contribution in [3.05, 3.63) is 34.1 Å². The third kappa shape index (κ3) is 4.30. The molecule has 7 heteroatoms. The first kappa shape index (κ1) is 18.6. The quantitative estimate of drug-likeness (QED) is 0.853. The molecule has 0 amide bonds. The second-order valence-corrected chi connectivity index (χ2v) is 6.25. The third-order valence-electron chi connectivity index (χ3n) is 3.00. The van der Waals surface area contributed by atoms with Gasteiger partial charge in [-0.3, -0.25) is 4.21 Å². The van der Waals surface area contributed by atoms with E-state index in [-0.39, 0.29) is 6.61 Å². The molecule has 0 bridgehead atoms. The molecule has 122 valence electrons. The van der Waals surface area contributed by atoms with Crippen molar-refractivity contribution in [2.75, 3.05) is 6.26 Å². The normalized spacial score (nSPS) is 11.6. The van der Waals surface area contributed by atoms with Gasteiger partial charge in [-0.15, -0.1) is 10.2 Å². The van der Waals surface area contributed by atoms with Gasteiger partial charge in [-0.2, -0.15) is 0 Å². The predicted molar refractivity (Wildman–Crippen MR) is 89.9 cm³/mol. The first-order chi connectivity index (χ1) is 10.4. The van der Waals surface area contributed by atoms with E-state index in [4.69, 9.17) is 16.3 Å². The number of halogens is 1. The number of benzene rings is 1. The Morgan fingerprint density at radius 3 is 2.41 bits per heavy atom. The van der Waals surface area contributed by atoms with Crippen molar-refractivity contribution in [2.45, 2.75) is 39.5 Å². The van der Waals surface area contributed by atoms with E-state index >= 15 is 0 Å². The lowest BCUT2D eigenvalue weighted by Crippen LogP contribution is -2.07. The summed E-state index contributed by atoms with van der Waals surface area (Å²) in [6.07, 6.45) is 1.57. The largest absolute Gasteiger partial charge is 0.485 e. The average molecular weight is 344 g/mol. The Morgan fingerprint density at radius 1 is 1.23 bits per heavy atom. The Morgan fingerprint density at radius 2 is 1.86 bits per heavy atom. The molecule has 0 N–H and O–H groups in total. The van der Waals surface area contributed by atoms with Crippen LogP contribution in [-0.2, 0) is 24.5 Å². The molecule has 0 fully saturated rings. The molecule has 1 aromatic heterocycles. The maximum Gasteiger partial charge on any atom is 0.221 e. The molecule has 0 aliphatic heterocycles. The minimum atomic E-state index is -1.16. The summed E-state index contributed by atoms with van der Waals surface area (Å²) >= 11 is 6.05. The minimum Gasteiger partial charge on any atom is -0.485 e. The fourth-order valence-corrected chi connectivity index (χ4v) is 2.64. The second kappa shape index (κ2) is 8.29. The molecule has 5 nitrogen and oxygen atoms in total. The van der Waals surface area contributed by atoms with Gasteiger partial charge in [0, 0.05) is 18.3 Å². The molecular weight excluding hydrogens is 322 g/mol. The van der Waals surface area contributed by atoms with Crippen molar-refractivity contribution in [3.8, 4) is 5.75 Å². The van der Waals surface area contributed by atoms with Gasteiger partial charge in [0.25, 0.3) is 0 Å². The van der Waals surface area contributed by atoms with Crippen LogP contribution < -0.4 is 4.74 Å². The van der Waals surface area contributed by atoms with Crippen molar-refractivity contribution in [1.82, 2.24) is 14.8 Å². The summed E-state index contributed by atoms with van der Waals surface area (Å²) in [6.45, 7) is 8.13. The molecule has 0 radical (unpaired) electrons.